The molecule has 5 heteroatoms. The van der Waals surface area contributed by atoms with Gasteiger partial charge in [0.05, 0.1) is 0 Å². The third kappa shape index (κ3) is 4.61. The number of nitrogens with one attached hydrogen (secondary N) is 1. The predicted molar refractivity (Wildman–Crippen MR) is 63.2 cm³/mol. The van der Waals surface area contributed by atoms with Crippen molar-refractivity contribution in [3.05, 3.63) is 16.0 Å². The molecule has 0 aliphatic carbocycles. The molecule has 1 aromatic rings. The van der Waals surface area contributed by atoms with Gasteiger partial charge in [-0.15, -0.1) is 11.6 Å². The highest BCUT2D eigenvalue weighted by Gasteiger charge is 1.97. The van der Waals surface area contributed by atoms with Crippen LogP contribution in [0.3, 0.4) is 0 Å². The fourth-order valence-corrected chi connectivity index (χ4v) is 1.17. The Balaban J connectivity index is 2.33. The maximum atomic E-state index is 5.79. The largest absolute Gasteiger partial charge is 0.354 e. The minimum atomic E-state index is 0.191. The van der Waals surface area contributed by atoms with E-state index < -0.39 is 0 Å². The van der Waals surface area contributed by atoms with Crippen LogP contribution in [0.25, 0.3) is 0 Å². The van der Waals surface area contributed by atoms with Gasteiger partial charge in [0.1, 0.15) is 0 Å². The molecule has 0 fully saturated rings. The van der Waals surface area contributed by atoms with Crippen molar-refractivity contribution in [1.29, 1.82) is 0 Å². The molecule has 0 amide bonds. The molecule has 1 atom stereocenters. The van der Waals surface area contributed by atoms with E-state index in [0.717, 1.165) is 16.5 Å². The van der Waals surface area contributed by atoms with E-state index in [1.807, 2.05) is 6.92 Å². The molecule has 1 rings (SSSR count). The molecule has 0 aliphatic rings. The van der Waals surface area contributed by atoms with Gasteiger partial charge >= 0.3 is 0 Å². The minimum absolute atomic E-state index is 0.191. The lowest BCUT2D eigenvalue weighted by molar-refractivity contribution is 0.834. The van der Waals surface area contributed by atoms with E-state index in [0.29, 0.717) is 5.95 Å². The van der Waals surface area contributed by atoms with Crippen LogP contribution in [0.2, 0.25) is 0 Å². The van der Waals surface area contributed by atoms with Crippen molar-refractivity contribution in [1.82, 2.24) is 9.97 Å². The van der Waals surface area contributed by atoms with Crippen LogP contribution >= 0.6 is 34.2 Å². The summed E-state index contributed by atoms with van der Waals surface area (Å²) >= 11 is 7.96. The fraction of sp³-hybridized carbons (Fsp3) is 0.500. The predicted octanol–water partition coefficient (Wildman–Crippen LogP) is 2.51. The lowest BCUT2D eigenvalue weighted by Crippen LogP contribution is -2.08. The number of anilines is 1. The van der Waals surface area contributed by atoms with Gasteiger partial charge in [-0.3, -0.25) is 0 Å². The summed E-state index contributed by atoms with van der Waals surface area (Å²) in [6, 6.07) is 0. The zero-order valence-corrected chi connectivity index (χ0v) is 10.2. The Bertz CT molecular complexity index is 250. The molecule has 0 bridgehead atoms. The summed E-state index contributed by atoms with van der Waals surface area (Å²) in [7, 11) is 0. The Morgan fingerprint density at radius 2 is 2.15 bits per heavy atom. The topological polar surface area (TPSA) is 37.8 Å². The molecule has 0 aliphatic heterocycles. The summed E-state index contributed by atoms with van der Waals surface area (Å²) in [5, 5.41) is 3.28. The van der Waals surface area contributed by atoms with Crippen LogP contribution in [0, 0.1) is 3.57 Å². The zero-order valence-electron chi connectivity index (χ0n) is 7.30. The van der Waals surface area contributed by atoms with Crippen molar-refractivity contribution in [3.8, 4) is 0 Å². The molecule has 1 aromatic heterocycles. The van der Waals surface area contributed by atoms with Crippen molar-refractivity contribution >= 4 is 40.1 Å². The summed E-state index contributed by atoms with van der Waals surface area (Å²) < 4.78 is 1.04. The van der Waals surface area contributed by atoms with Crippen LogP contribution < -0.4 is 5.32 Å². The second kappa shape index (κ2) is 5.59. The van der Waals surface area contributed by atoms with Crippen LogP contribution in [0.15, 0.2) is 12.4 Å². The average molecular weight is 312 g/mol. The summed E-state index contributed by atoms with van der Waals surface area (Å²) in [5.41, 5.74) is 0. The fourth-order valence-electron chi connectivity index (χ4n) is 0.786. The zero-order chi connectivity index (χ0) is 9.68. The first-order valence-electron chi connectivity index (χ1n) is 4.04. The second-order valence-electron chi connectivity index (χ2n) is 2.72. The molecular formula is C8H11ClIN3. The van der Waals surface area contributed by atoms with Gasteiger partial charge < -0.3 is 5.32 Å². The van der Waals surface area contributed by atoms with Crippen LogP contribution in [-0.4, -0.2) is 21.9 Å². The van der Waals surface area contributed by atoms with Gasteiger partial charge in [-0.1, -0.05) is 0 Å². The number of nitrogens with zero attached hydrogens (tertiary/aromatic N) is 2. The first-order chi connectivity index (χ1) is 6.18. The SMILES string of the molecule is CC(Cl)CCNc1ncc(I)cn1. The third-order valence-electron chi connectivity index (χ3n) is 1.45. The number of halogens is 2. The Morgan fingerprint density at radius 3 is 2.69 bits per heavy atom. The number of hydrogen-bond donors (Lipinski definition) is 1. The molecular weight excluding hydrogens is 300 g/mol. The maximum absolute atomic E-state index is 5.79. The van der Waals surface area contributed by atoms with Crippen molar-refractivity contribution in [2.24, 2.45) is 0 Å². The third-order valence-corrected chi connectivity index (χ3v) is 2.22. The summed E-state index contributed by atoms with van der Waals surface area (Å²) in [4.78, 5) is 8.20. The Kier molecular flexibility index (Phi) is 4.72. The number of aromatic nitrogens is 2. The van der Waals surface area contributed by atoms with Gasteiger partial charge in [0.2, 0.25) is 5.95 Å². The van der Waals surface area contributed by atoms with E-state index in [4.69, 9.17) is 11.6 Å². The quantitative estimate of drug-likeness (QED) is 0.686. The highest BCUT2D eigenvalue weighted by atomic mass is 127. The molecule has 1 heterocycles. The highest BCUT2D eigenvalue weighted by Crippen LogP contribution is 2.04. The van der Waals surface area contributed by atoms with E-state index in [-0.39, 0.29) is 5.38 Å². The van der Waals surface area contributed by atoms with Crippen LogP contribution in [0.4, 0.5) is 5.95 Å². The standard InChI is InChI=1S/C8H11ClIN3/c1-6(9)2-3-11-8-12-4-7(10)5-13-8/h4-6H,2-3H2,1H3,(H,11,12,13). The Labute approximate surface area is 96.4 Å². The van der Waals surface area contributed by atoms with Crippen LogP contribution in [0.5, 0.6) is 0 Å². The van der Waals surface area contributed by atoms with Crippen LogP contribution in [-0.2, 0) is 0 Å². The number of alkyl halides is 1. The molecule has 72 valence electrons. The highest BCUT2D eigenvalue weighted by molar-refractivity contribution is 14.1. The molecule has 3 nitrogen and oxygen atoms in total. The smallest absolute Gasteiger partial charge is 0.222 e. The Morgan fingerprint density at radius 1 is 1.54 bits per heavy atom. The maximum Gasteiger partial charge on any atom is 0.222 e. The summed E-state index contributed by atoms with van der Waals surface area (Å²) in [5.74, 6) is 0.665. The number of hydrogen-bond acceptors (Lipinski definition) is 3. The van der Waals surface area contributed by atoms with Crippen molar-refractivity contribution < 1.29 is 0 Å². The molecule has 0 saturated carbocycles. The first-order valence-corrected chi connectivity index (χ1v) is 5.55. The monoisotopic (exact) mass is 311 g/mol. The molecule has 0 spiro atoms. The summed E-state index contributed by atoms with van der Waals surface area (Å²) in [6.45, 7) is 2.78. The van der Waals surface area contributed by atoms with Gasteiger partial charge in [0.15, 0.2) is 0 Å². The first kappa shape index (κ1) is 11.0. The normalized spacial score (nSPS) is 12.5. The van der Waals surface area contributed by atoms with E-state index in [1.54, 1.807) is 12.4 Å². The van der Waals surface area contributed by atoms with Crippen molar-refractivity contribution in [3.63, 3.8) is 0 Å². The Hall–Kier alpha value is -0.100. The number of rotatable bonds is 4. The molecule has 1 N–H and O–H groups in total. The van der Waals surface area contributed by atoms with Crippen molar-refractivity contribution in [2.45, 2.75) is 18.7 Å². The second-order valence-corrected chi connectivity index (χ2v) is 4.71. The molecule has 0 radical (unpaired) electrons. The van der Waals surface area contributed by atoms with Gasteiger partial charge in [0, 0.05) is 27.9 Å². The molecule has 1 unspecified atom stereocenters. The summed E-state index contributed by atoms with van der Waals surface area (Å²) in [6.07, 6.45) is 4.47. The minimum Gasteiger partial charge on any atom is -0.354 e. The van der Waals surface area contributed by atoms with Gasteiger partial charge in [-0.25, -0.2) is 9.97 Å². The molecule has 0 aromatic carbocycles. The van der Waals surface area contributed by atoms with Gasteiger partial charge in [-0.2, -0.15) is 0 Å². The van der Waals surface area contributed by atoms with E-state index in [9.17, 15) is 0 Å². The van der Waals surface area contributed by atoms with Crippen LogP contribution in [0.1, 0.15) is 13.3 Å². The molecule has 13 heavy (non-hydrogen) atoms. The van der Waals surface area contributed by atoms with E-state index in [2.05, 4.69) is 37.9 Å². The van der Waals surface area contributed by atoms with E-state index in [1.165, 1.54) is 0 Å². The van der Waals surface area contributed by atoms with Crippen molar-refractivity contribution in [2.75, 3.05) is 11.9 Å². The average Bonchev–Trinajstić information content (AvgIpc) is 2.08. The molecule has 0 saturated heterocycles. The van der Waals surface area contributed by atoms with E-state index >= 15 is 0 Å². The lowest BCUT2D eigenvalue weighted by atomic mass is 10.3. The van der Waals surface area contributed by atoms with Gasteiger partial charge in [-0.05, 0) is 35.9 Å². The lowest BCUT2D eigenvalue weighted by Gasteiger charge is -2.04. The van der Waals surface area contributed by atoms with Gasteiger partial charge in [0.25, 0.3) is 0 Å².